The van der Waals surface area contributed by atoms with Crippen molar-refractivity contribution in [2.24, 2.45) is 0 Å². The van der Waals surface area contributed by atoms with E-state index in [1.807, 2.05) is 0 Å². The van der Waals surface area contributed by atoms with Crippen molar-refractivity contribution < 1.29 is 37.7 Å². The molecule has 0 fully saturated rings. The molecule has 0 saturated carbocycles. The van der Waals surface area contributed by atoms with Gasteiger partial charge in [0.2, 0.25) is 0 Å². The molecule has 0 aromatic rings. The molecule has 0 unspecified atom stereocenters. The van der Waals surface area contributed by atoms with E-state index in [1.54, 1.807) is 0 Å². The Kier molecular flexibility index (Phi) is 46.0. The summed E-state index contributed by atoms with van der Waals surface area (Å²) < 4.78 is 0. The Morgan fingerprint density at radius 3 is 1.50 bits per heavy atom. The summed E-state index contributed by atoms with van der Waals surface area (Å²) >= 11 is 0. The van der Waals surface area contributed by atoms with E-state index in [0.717, 1.165) is 0 Å². The van der Waals surface area contributed by atoms with Gasteiger partial charge in [-0.15, -0.1) is 0 Å². The Balaban J connectivity index is -0.0000000450. The van der Waals surface area contributed by atoms with E-state index in [-0.39, 0.29) is 37.7 Å². The molecule has 0 aliphatic rings. The van der Waals surface area contributed by atoms with E-state index in [0.29, 0.717) is 0 Å². The smallest absolute Gasteiger partial charge is 0.293 e. The number of allylic oxidation sites excluding steroid dienone is 2. The van der Waals surface area contributed by atoms with Crippen LogP contribution in [0.3, 0.4) is 0 Å². The van der Waals surface area contributed by atoms with Crippen molar-refractivity contribution >= 4 is 0 Å². The summed E-state index contributed by atoms with van der Waals surface area (Å²) in [6, 6.07) is 0. The van der Waals surface area contributed by atoms with Gasteiger partial charge in [-0.25, -0.2) is 12.2 Å². The molecule has 0 saturated heterocycles. The molecule has 2 heteroatoms. The second kappa shape index (κ2) is 17.3. The van der Waals surface area contributed by atoms with Gasteiger partial charge in [0.1, 0.15) is 0 Å². The average Bonchev–Trinajstić information content (AvgIpc) is 1.37. The maximum absolute atomic E-state index is 4.78. The molecule has 0 N–H and O–H groups in total. The first-order valence-electron chi connectivity index (χ1n) is 1.07. The van der Waals surface area contributed by atoms with Crippen LogP contribution in [0, 0.1) is 6.58 Å². The van der Waals surface area contributed by atoms with Crippen LogP contribution in [0.5, 0.6) is 0 Å². The zero-order chi connectivity index (χ0) is 3.41. The maximum Gasteiger partial charge on any atom is 1.00 e. The molecule has 0 aromatic carbocycles. The first-order chi connectivity index (χ1) is 1.91. The van der Waals surface area contributed by atoms with E-state index >= 15 is 0 Å². The van der Waals surface area contributed by atoms with Crippen molar-refractivity contribution in [2.75, 3.05) is 0 Å². The molecule has 0 amide bonds. The molecule has 0 bridgehead atoms. The number of rotatable bonds is 1. The normalized spacial score (nSPS) is 3.33. The first kappa shape index (κ1) is 15.9. The predicted octanol–water partition coefficient (Wildman–Crippen LogP) is -4.83. The third-order valence-electron chi connectivity index (χ3n) is 0.136. The van der Waals surface area contributed by atoms with Gasteiger partial charge in [0, 0.05) is 0 Å². The van der Waals surface area contributed by atoms with E-state index in [2.05, 4.69) is 6.58 Å². The Bertz CT molecular complexity index is 26.5. The van der Waals surface area contributed by atoms with Gasteiger partial charge in [0.15, 0.2) is 0 Å². The fourth-order valence-electron chi connectivity index (χ4n) is 0. The Morgan fingerprint density at radius 2 is 1.50 bits per heavy atom. The molecule has 6 heavy (non-hydrogen) atoms. The van der Waals surface area contributed by atoms with Crippen LogP contribution in [-0.2, 0) is 0 Å². The summed E-state index contributed by atoms with van der Waals surface area (Å²) in [6.07, 6.45) is 2.92. The van der Waals surface area contributed by atoms with Gasteiger partial charge in [-0.3, -0.25) is 6.58 Å². The number of hydrogen-bond donors (Lipinski definition) is 0. The van der Waals surface area contributed by atoms with Crippen molar-refractivity contribution in [3.8, 4) is 0 Å². The molecule has 0 aliphatic carbocycles. The zero-order valence-corrected chi connectivity index (χ0v) is 4.44. The standard InChI is InChI=1S/C4H5.2Li/c1-3-4-2;;/h1,3-4H,2H2;;/q-1;2*+1. The van der Waals surface area contributed by atoms with Crippen molar-refractivity contribution in [3.05, 3.63) is 25.3 Å². The van der Waals surface area contributed by atoms with Crippen LogP contribution in [0.2, 0.25) is 0 Å². The van der Waals surface area contributed by atoms with Crippen LogP contribution in [0.25, 0.3) is 0 Å². The summed E-state index contributed by atoms with van der Waals surface area (Å²) in [6.45, 7) is 8.08. The van der Waals surface area contributed by atoms with Gasteiger partial charge in [-0.05, 0) is 0 Å². The van der Waals surface area contributed by atoms with Gasteiger partial charge in [0.25, 0.3) is 0 Å². The maximum atomic E-state index is 4.78. The molecule has 0 radical (unpaired) electrons. The summed E-state index contributed by atoms with van der Waals surface area (Å²) in [5.41, 5.74) is 0. The van der Waals surface area contributed by atoms with Gasteiger partial charge < -0.3 is 0 Å². The summed E-state index contributed by atoms with van der Waals surface area (Å²) in [5, 5.41) is 0. The monoisotopic (exact) mass is 67.1 g/mol. The van der Waals surface area contributed by atoms with Gasteiger partial charge in [-0.2, -0.15) is 6.58 Å². The van der Waals surface area contributed by atoms with E-state index in [4.69, 9.17) is 6.58 Å². The fraction of sp³-hybridized carbons (Fsp3) is 0. The van der Waals surface area contributed by atoms with Crippen LogP contribution in [0.4, 0.5) is 0 Å². The molecule has 22 valence electrons. The average molecular weight is 67.0 g/mol. The van der Waals surface area contributed by atoms with Gasteiger partial charge in [0.05, 0.1) is 0 Å². The molecule has 0 aromatic heterocycles. The van der Waals surface area contributed by atoms with Crippen LogP contribution >= 0.6 is 0 Å². The largest absolute Gasteiger partial charge is 1.00 e. The van der Waals surface area contributed by atoms with Crippen LogP contribution in [0.15, 0.2) is 18.7 Å². The quantitative estimate of drug-likeness (QED) is 0.164. The van der Waals surface area contributed by atoms with Crippen LogP contribution in [0.1, 0.15) is 0 Å². The van der Waals surface area contributed by atoms with E-state index in [9.17, 15) is 0 Å². The topological polar surface area (TPSA) is 0 Å². The minimum atomic E-state index is 0. The minimum Gasteiger partial charge on any atom is -0.293 e. The molecular formula is C4H5Li2+. The van der Waals surface area contributed by atoms with Crippen molar-refractivity contribution in [1.29, 1.82) is 0 Å². The van der Waals surface area contributed by atoms with Gasteiger partial charge >= 0.3 is 37.7 Å². The van der Waals surface area contributed by atoms with E-state index < -0.39 is 0 Å². The van der Waals surface area contributed by atoms with E-state index in [1.165, 1.54) is 12.2 Å². The van der Waals surface area contributed by atoms with Crippen molar-refractivity contribution in [1.82, 2.24) is 0 Å². The molecule has 0 heterocycles. The van der Waals surface area contributed by atoms with Crippen LogP contribution < -0.4 is 37.7 Å². The summed E-state index contributed by atoms with van der Waals surface area (Å²) in [4.78, 5) is 0. The molecular weight excluding hydrogens is 61.9 g/mol. The summed E-state index contributed by atoms with van der Waals surface area (Å²) in [7, 11) is 0. The molecule has 0 aliphatic heterocycles. The van der Waals surface area contributed by atoms with Crippen molar-refractivity contribution in [2.45, 2.75) is 0 Å². The minimum absolute atomic E-state index is 0. The second-order valence-corrected chi connectivity index (χ2v) is 0.428. The van der Waals surface area contributed by atoms with Gasteiger partial charge in [-0.1, -0.05) is 0 Å². The van der Waals surface area contributed by atoms with Crippen molar-refractivity contribution in [3.63, 3.8) is 0 Å². The molecule has 0 spiro atoms. The Morgan fingerprint density at radius 1 is 1.33 bits per heavy atom. The fourth-order valence-corrected chi connectivity index (χ4v) is 0. The Hall–Kier alpha value is 0.675. The number of hydrogen-bond acceptors (Lipinski definition) is 0. The van der Waals surface area contributed by atoms with Crippen LogP contribution in [-0.4, -0.2) is 0 Å². The summed E-state index contributed by atoms with van der Waals surface area (Å²) in [5.74, 6) is 0. The first-order valence-corrected chi connectivity index (χ1v) is 1.07. The zero-order valence-electron chi connectivity index (χ0n) is 4.44. The predicted molar refractivity (Wildman–Crippen MR) is 19.1 cm³/mol. The molecule has 0 rings (SSSR count). The SMILES string of the molecule is [CH-]=CC=C.[Li+].[Li+]. The third-order valence-corrected chi connectivity index (χ3v) is 0.136. The Labute approximate surface area is 63.1 Å². The third kappa shape index (κ3) is 22.5. The molecule has 0 atom stereocenters. The molecule has 0 nitrogen and oxygen atoms in total. The second-order valence-electron chi connectivity index (χ2n) is 0.428.